The highest BCUT2D eigenvalue weighted by molar-refractivity contribution is 5.74. The van der Waals surface area contributed by atoms with Gasteiger partial charge in [0.05, 0.1) is 19.9 Å². The van der Waals surface area contributed by atoms with E-state index >= 15 is 0 Å². The summed E-state index contributed by atoms with van der Waals surface area (Å²) in [6, 6.07) is -0.117. The number of nitrogens with one attached hydrogen (secondary N) is 2. The largest absolute Gasteiger partial charge is 0.379 e. The Balaban J connectivity index is 2.15. The van der Waals surface area contributed by atoms with Crippen LogP contribution >= 0.6 is 0 Å². The topological polar surface area (TPSA) is 53.6 Å². The number of ether oxygens (including phenoxy) is 1. The van der Waals surface area contributed by atoms with E-state index in [-0.39, 0.29) is 11.6 Å². The molecule has 0 spiro atoms. The van der Waals surface area contributed by atoms with E-state index in [2.05, 4.69) is 15.5 Å². The van der Waals surface area contributed by atoms with Crippen molar-refractivity contribution in [3.63, 3.8) is 0 Å². The number of carbonyl (C=O) groups is 1. The molecule has 5 heteroatoms. The summed E-state index contributed by atoms with van der Waals surface area (Å²) in [5.74, 6) is 0. The minimum Gasteiger partial charge on any atom is -0.379 e. The third kappa shape index (κ3) is 5.59. The van der Waals surface area contributed by atoms with Gasteiger partial charge in [0.15, 0.2) is 0 Å². The highest BCUT2D eigenvalue weighted by Crippen LogP contribution is 1.98. The standard InChI is InChI=1S/C10H21N3O2/c1-10(2,3)12-9(14)11-8-13-4-6-15-7-5-13/h4-8H2,1-3H3,(H2,11,12,14). The SMILES string of the molecule is CC(C)(C)NC(=O)NCN1CCOCC1. The monoisotopic (exact) mass is 215 g/mol. The van der Waals surface area contributed by atoms with E-state index < -0.39 is 0 Å². The average Bonchev–Trinajstić information content (AvgIpc) is 2.14. The summed E-state index contributed by atoms with van der Waals surface area (Å²) >= 11 is 0. The second kappa shape index (κ2) is 5.32. The van der Waals surface area contributed by atoms with Crippen molar-refractivity contribution in [1.82, 2.24) is 15.5 Å². The van der Waals surface area contributed by atoms with Crippen molar-refractivity contribution >= 4 is 6.03 Å². The maximum absolute atomic E-state index is 11.4. The molecule has 0 saturated carbocycles. The van der Waals surface area contributed by atoms with Gasteiger partial charge in [-0.2, -0.15) is 0 Å². The molecule has 1 heterocycles. The minimum atomic E-state index is -0.185. The Morgan fingerprint density at radius 1 is 1.33 bits per heavy atom. The Morgan fingerprint density at radius 3 is 2.47 bits per heavy atom. The number of carbonyl (C=O) groups excluding carboxylic acids is 1. The van der Waals surface area contributed by atoms with Gasteiger partial charge in [-0.05, 0) is 20.8 Å². The number of rotatable bonds is 2. The Bertz CT molecular complexity index is 207. The first-order chi connectivity index (χ1) is 6.97. The molecule has 2 N–H and O–H groups in total. The molecular formula is C10H21N3O2. The number of urea groups is 1. The van der Waals surface area contributed by atoms with Crippen LogP contribution in [-0.2, 0) is 4.74 Å². The first-order valence-electron chi connectivity index (χ1n) is 5.33. The Labute approximate surface area is 91.2 Å². The van der Waals surface area contributed by atoms with Crippen molar-refractivity contribution in [2.24, 2.45) is 0 Å². The van der Waals surface area contributed by atoms with E-state index in [1.807, 2.05) is 20.8 Å². The third-order valence-electron chi connectivity index (χ3n) is 2.06. The van der Waals surface area contributed by atoms with Gasteiger partial charge in [0.2, 0.25) is 0 Å². The van der Waals surface area contributed by atoms with Crippen LogP contribution in [0.5, 0.6) is 0 Å². The molecule has 1 aliphatic rings. The lowest BCUT2D eigenvalue weighted by Crippen LogP contribution is -2.50. The molecule has 1 saturated heterocycles. The predicted octanol–water partition coefficient (Wildman–Crippen LogP) is 0.374. The van der Waals surface area contributed by atoms with Crippen molar-refractivity contribution in [2.75, 3.05) is 33.0 Å². The summed E-state index contributed by atoms with van der Waals surface area (Å²) in [5, 5.41) is 5.68. The molecule has 0 bridgehead atoms. The Morgan fingerprint density at radius 2 is 1.93 bits per heavy atom. The van der Waals surface area contributed by atoms with Crippen molar-refractivity contribution in [3.05, 3.63) is 0 Å². The molecule has 0 aromatic carbocycles. The van der Waals surface area contributed by atoms with Gasteiger partial charge in [-0.1, -0.05) is 0 Å². The highest BCUT2D eigenvalue weighted by Gasteiger charge is 2.15. The lowest BCUT2D eigenvalue weighted by atomic mass is 10.1. The number of nitrogens with zero attached hydrogens (tertiary/aromatic N) is 1. The molecule has 1 fully saturated rings. The minimum absolute atomic E-state index is 0.117. The fraction of sp³-hybridized carbons (Fsp3) is 0.900. The van der Waals surface area contributed by atoms with Crippen molar-refractivity contribution in [3.8, 4) is 0 Å². The van der Waals surface area contributed by atoms with E-state index in [1.165, 1.54) is 0 Å². The number of hydrogen-bond donors (Lipinski definition) is 2. The van der Waals surface area contributed by atoms with Gasteiger partial charge in [-0.15, -0.1) is 0 Å². The fourth-order valence-corrected chi connectivity index (χ4v) is 1.33. The van der Waals surface area contributed by atoms with Crippen molar-refractivity contribution in [1.29, 1.82) is 0 Å². The lowest BCUT2D eigenvalue weighted by molar-refractivity contribution is 0.0354. The first kappa shape index (κ1) is 12.3. The van der Waals surface area contributed by atoms with Gasteiger partial charge < -0.3 is 15.4 Å². The van der Waals surface area contributed by atoms with Gasteiger partial charge in [0, 0.05) is 18.6 Å². The van der Waals surface area contributed by atoms with Gasteiger partial charge >= 0.3 is 6.03 Å². The molecule has 2 amide bonds. The summed E-state index contributed by atoms with van der Waals surface area (Å²) in [6.45, 7) is 9.74. The van der Waals surface area contributed by atoms with Crippen LogP contribution in [0.3, 0.4) is 0 Å². The van der Waals surface area contributed by atoms with Crippen LogP contribution in [-0.4, -0.2) is 49.4 Å². The maximum atomic E-state index is 11.4. The van der Waals surface area contributed by atoms with E-state index in [9.17, 15) is 4.79 Å². The number of morpholine rings is 1. The number of amides is 2. The van der Waals surface area contributed by atoms with Crippen LogP contribution < -0.4 is 10.6 Å². The van der Waals surface area contributed by atoms with Gasteiger partial charge in [-0.25, -0.2) is 4.79 Å². The molecule has 0 unspecified atom stereocenters. The second-order valence-corrected chi connectivity index (χ2v) is 4.77. The molecule has 1 aliphatic heterocycles. The first-order valence-corrected chi connectivity index (χ1v) is 5.33. The average molecular weight is 215 g/mol. The highest BCUT2D eigenvalue weighted by atomic mass is 16.5. The van der Waals surface area contributed by atoms with Crippen LogP contribution in [0.1, 0.15) is 20.8 Å². The van der Waals surface area contributed by atoms with Crippen LogP contribution in [0, 0.1) is 0 Å². The van der Waals surface area contributed by atoms with E-state index in [4.69, 9.17) is 4.74 Å². The zero-order valence-electron chi connectivity index (χ0n) is 9.80. The van der Waals surface area contributed by atoms with Gasteiger partial charge in [-0.3, -0.25) is 4.90 Å². The predicted molar refractivity (Wildman–Crippen MR) is 58.7 cm³/mol. The van der Waals surface area contributed by atoms with Gasteiger partial charge in [0.1, 0.15) is 0 Å². The van der Waals surface area contributed by atoms with Crippen LogP contribution in [0.2, 0.25) is 0 Å². The summed E-state index contributed by atoms with van der Waals surface area (Å²) in [5.41, 5.74) is -0.185. The van der Waals surface area contributed by atoms with Gasteiger partial charge in [0.25, 0.3) is 0 Å². The fourth-order valence-electron chi connectivity index (χ4n) is 1.33. The van der Waals surface area contributed by atoms with Crippen molar-refractivity contribution in [2.45, 2.75) is 26.3 Å². The molecule has 5 nitrogen and oxygen atoms in total. The lowest BCUT2D eigenvalue weighted by Gasteiger charge is -2.27. The quantitative estimate of drug-likeness (QED) is 0.700. The molecule has 0 aromatic rings. The molecule has 0 radical (unpaired) electrons. The molecular weight excluding hydrogens is 194 g/mol. The molecule has 0 atom stereocenters. The summed E-state index contributed by atoms with van der Waals surface area (Å²) in [6.07, 6.45) is 0. The van der Waals surface area contributed by atoms with E-state index in [0.717, 1.165) is 26.3 Å². The summed E-state index contributed by atoms with van der Waals surface area (Å²) in [7, 11) is 0. The third-order valence-corrected chi connectivity index (χ3v) is 2.06. The summed E-state index contributed by atoms with van der Waals surface area (Å²) in [4.78, 5) is 13.6. The Hall–Kier alpha value is -0.810. The molecule has 0 aliphatic carbocycles. The normalized spacial score (nSPS) is 18.6. The zero-order chi connectivity index (χ0) is 11.3. The molecule has 0 aromatic heterocycles. The number of hydrogen-bond acceptors (Lipinski definition) is 3. The smallest absolute Gasteiger partial charge is 0.316 e. The van der Waals surface area contributed by atoms with Crippen molar-refractivity contribution < 1.29 is 9.53 Å². The van der Waals surface area contributed by atoms with E-state index in [1.54, 1.807) is 0 Å². The maximum Gasteiger partial charge on any atom is 0.316 e. The van der Waals surface area contributed by atoms with E-state index in [0.29, 0.717) is 6.67 Å². The van der Waals surface area contributed by atoms with Crippen LogP contribution in [0.4, 0.5) is 4.79 Å². The molecule has 15 heavy (non-hydrogen) atoms. The Kier molecular flexibility index (Phi) is 4.35. The summed E-state index contributed by atoms with van der Waals surface area (Å²) < 4.78 is 5.22. The van der Waals surface area contributed by atoms with Crippen LogP contribution in [0.25, 0.3) is 0 Å². The van der Waals surface area contributed by atoms with Crippen LogP contribution in [0.15, 0.2) is 0 Å². The molecule has 1 rings (SSSR count). The zero-order valence-corrected chi connectivity index (χ0v) is 9.80. The second-order valence-electron chi connectivity index (χ2n) is 4.77. The molecule has 88 valence electrons.